The molecule has 1 N–H and O–H groups in total. The second-order valence-corrected chi connectivity index (χ2v) is 7.59. The lowest BCUT2D eigenvalue weighted by atomic mass is 10.1. The van der Waals surface area contributed by atoms with Crippen LogP contribution in [0.1, 0.15) is 24.5 Å². The Kier molecular flexibility index (Phi) is 4.73. The average Bonchev–Trinajstić information content (AvgIpc) is 2.65. The molecule has 6 nitrogen and oxygen atoms in total. The van der Waals surface area contributed by atoms with Gasteiger partial charge in [-0.15, -0.1) is 0 Å². The molecule has 0 amide bonds. The number of sulfonamides is 1. The minimum absolute atomic E-state index is 0.0588. The van der Waals surface area contributed by atoms with E-state index in [1.807, 2.05) is 6.92 Å². The molecule has 1 aliphatic rings. The Bertz CT molecular complexity index is 994. The van der Waals surface area contributed by atoms with Gasteiger partial charge in [-0.3, -0.25) is 0 Å². The second-order valence-electron chi connectivity index (χ2n) is 5.83. The maximum Gasteiger partial charge on any atom is 0.359 e. The third-order valence-corrected chi connectivity index (χ3v) is 5.97. The van der Waals surface area contributed by atoms with E-state index in [1.165, 1.54) is 12.1 Å². The first-order valence-corrected chi connectivity index (χ1v) is 9.61. The van der Waals surface area contributed by atoms with Crippen LogP contribution < -0.4 is 4.31 Å². The van der Waals surface area contributed by atoms with Gasteiger partial charge in [0.05, 0.1) is 17.7 Å². The Hall–Kier alpha value is -2.80. The number of hydrogen-bond donors (Lipinski definition) is 1. The minimum atomic E-state index is -4.10. The lowest BCUT2D eigenvalue weighted by Gasteiger charge is -2.32. The number of nitrogens with zero attached hydrogens (tertiary/aromatic N) is 1. The third-order valence-electron chi connectivity index (χ3n) is 4.20. The van der Waals surface area contributed by atoms with E-state index < -0.39 is 27.4 Å². The molecule has 0 radical (unpaired) electrons. The number of aliphatic hydroxyl groups is 1. The predicted octanol–water partition coefficient (Wildman–Crippen LogP) is 3.25. The lowest BCUT2D eigenvalue weighted by molar-refractivity contribution is -0.136. The van der Waals surface area contributed by atoms with Gasteiger partial charge in [0.2, 0.25) is 0 Å². The molecule has 26 heavy (non-hydrogen) atoms. The van der Waals surface area contributed by atoms with E-state index in [-0.39, 0.29) is 10.5 Å². The number of carbonyl (C=O) groups is 1. The highest BCUT2D eigenvalue weighted by molar-refractivity contribution is 7.93. The van der Waals surface area contributed by atoms with Crippen LogP contribution in [-0.2, 0) is 26.0 Å². The first kappa shape index (κ1) is 18.0. The Morgan fingerprint density at radius 1 is 1.12 bits per heavy atom. The lowest BCUT2D eigenvalue weighted by Crippen LogP contribution is -2.39. The summed E-state index contributed by atoms with van der Waals surface area (Å²) in [4.78, 5) is 12.3. The molecule has 0 fully saturated rings. The first-order chi connectivity index (χ1) is 12.4. The third kappa shape index (κ3) is 2.74. The number of fused-ring (bicyclic) bond motifs is 1. The van der Waals surface area contributed by atoms with E-state index in [4.69, 9.17) is 4.74 Å². The van der Waals surface area contributed by atoms with Crippen LogP contribution in [0, 0.1) is 0 Å². The molecule has 0 bridgehead atoms. The molecule has 1 aliphatic heterocycles. The predicted molar refractivity (Wildman–Crippen MR) is 98.1 cm³/mol. The van der Waals surface area contributed by atoms with Gasteiger partial charge in [-0.25, -0.2) is 17.5 Å². The van der Waals surface area contributed by atoms with Gasteiger partial charge in [0, 0.05) is 5.56 Å². The van der Waals surface area contributed by atoms with Crippen molar-refractivity contribution in [1.29, 1.82) is 0 Å². The number of esters is 1. The van der Waals surface area contributed by atoms with Crippen molar-refractivity contribution in [3.63, 3.8) is 0 Å². The fraction of sp³-hybridized carbons (Fsp3) is 0.211. The quantitative estimate of drug-likeness (QED) is 0.832. The van der Waals surface area contributed by atoms with Crippen LogP contribution in [0.25, 0.3) is 5.76 Å². The number of benzene rings is 2. The van der Waals surface area contributed by atoms with Gasteiger partial charge in [0.25, 0.3) is 10.0 Å². The maximum atomic E-state index is 13.3. The normalized spacial score (nSPS) is 15.5. The fourth-order valence-electron chi connectivity index (χ4n) is 3.05. The van der Waals surface area contributed by atoms with Crippen molar-refractivity contribution in [2.45, 2.75) is 24.7 Å². The van der Waals surface area contributed by atoms with Crippen molar-refractivity contribution >= 4 is 27.4 Å². The number of methoxy groups -OCH3 is 1. The SMILES string of the molecule is CCCc1ccccc1N1C(C(=O)OC)=C(O)c2ccccc2S1(=O)=O. The van der Waals surface area contributed by atoms with Gasteiger partial charge in [-0.05, 0) is 30.2 Å². The van der Waals surface area contributed by atoms with Gasteiger partial charge in [-0.1, -0.05) is 43.7 Å². The zero-order valence-electron chi connectivity index (χ0n) is 14.5. The molecular formula is C19H19NO5S. The molecule has 0 atom stereocenters. The summed E-state index contributed by atoms with van der Waals surface area (Å²) in [5.41, 5.74) is 0.759. The smallest absolute Gasteiger partial charge is 0.359 e. The number of aryl methyl sites for hydroxylation is 1. The van der Waals surface area contributed by atoms with Crippen molar-refractivity contribution in [3.05, 3.63) is 65.4 Å². The fourth-order valence-corrected chi connectivity index (χ4v) is 4.77. The molecule has 2 aromatic rings. The molecule has 136 valence electrons. The molecule has 3 rings (SSSR count). The maximum absolute atomic E-state index is 13.3. The number of anilines is 1. The van der Waals surface area contributed by atoms with Crippen molar-refractivity contribution in [3.8, 4) is 0 Å². The van der Waals surface area contributed by atoms with E-state index in [2.05, 4.69) is 0 Å². The van der Waals surface area contributed by atoms with Gasteiger partial charge in [0.1, 0.15) is 0 Å². The van der Waals surface area contributed by atoms with Crippen molar-refractivity contribution < 1.29 is 23.1 Å². The summed E-state index contributed by atoms with van der Waals surface area (Å²) in [5, 5.41) is 10.7. The molecule has 1 heterocycles. The highest BCUT2D eigenvalue weighted by Gasteiger charge is 2.42. The zero-order valence-corrected chi connectivity index (χ0v) is 15.3. The Balaban J connectivity index is 2.37. The number of ether oxygens (including phenoxy) is 1. The number of aliphatic hydroxyl groups excluding tert-OH is 1. The number of rotatable bonds is 4. The molecule has 2 aromatic carbocycles. The standard InChI is InChI=1S/C19H19NO5S/c1-3-8-13-9-4-6-11-15(13)20-17(19(22)25-2)18(21)14-10-5-7-12-16(14)26(20,23)24/h4-7,9-12,21H,3,8H2,1-2H3. The summed E-state index contributed by atoms with van der Waals surface area (Å²) in [6.45, 7) is 1.98. The minimum Gasteiger partial charge on any atom is -0.505 e. The van der Waals surface area contributed by atoms with Gasteiger partial charge < -0.3 is 9.84 Å². The van der Waals surface area contributed by atoms with E-state index in [9.17, 15) is 18.3 Å². The van der Waals surface area contributed by atoms with E-state index in [0.717, 1.165) is 23.4 Å². The van der Waals surface area contributed by atoms with E-state index >= 15 is 0 Å². The molecule has 0 saturated heterocycles. The van der Waals surface area contributed by atoms with E-state index in [1.54, 1.807) is 36.4 Å². The van der Waals surface area contributed by atoms with Crippen molar-refractivity contribution in [1.82, 2.24) is 0 Å². The van der Waals surface area contributed by atoms with Crippen molar-refractivity contribution in [2.75, 3.05) is 11.4 Å². The van der Waals surface area contributed by atoms with Crippen LogP contribution in [0.2, 0.25) is 0 Å². The molecule has 0 aromatic heterocycles. The van der Waals surface area contributed by atoms with Crippen LogP contribution in [0.3, 0.4) is 0 Å². The number of carbonyl (C=O) groups excluding carboxylic acids is 1. The summed E-state index contributed by atoms with van der Waals surface area (Å²) in [6.07, 6.45) is 1.42. The summed E-state index contributed by atoms with van der Waals surface area (Å²) < 4.78 is 32.3. The highest BCUT2D eigenvalue weighted by atomic mass is 32.2. The Morgan fingerprint density at radius 3 is 2.46 bits per heavy atom. The molecule has 0 saturated carbocycles. The number of para-hydroxylation sites is 1. The molecular weight excluding hydrogens is 354 g/mol. The summed E-state index contributed by atoms with van der Waals surface area (Å²) in [6, 6.07) is 13.0. The second kappa shape index (κ2) is 6.84. The van der Waals surface area contributed by atoms with Gasteiger partial charge >= 0.3 is 5.97 Å². The zero-order chi connectivity index (χ0) is 18.9. The molecule has 0 unspecified atom stereocenters. The van der Waals surface area contributed by atoms with E-state index in [0.29, 0.717) is 12.1 Å². The topological polar surface area (TPSA) is 83.9 Å². The van der Waals surface area contributed by atoms with Gasteiger partial charge in [-0.2, -0.15) is 0 Å². The average molecular weight is 373 g/mol. The summed E-state index contributed by atoms with van der Waals surface area (Å²) >= 11 is 0. The van der Waals surface area contributed by atoms with Crippen molar-refractivity contribution in [2.24, 2.45) is 0 Å². The largest absolute Gasteiger partial charge is 0.505 e. The Morgan fingerprint density at radius 2 is 1.77 bits per heavy atom. The summed E-state index contributed by atoms with van der Waals surface area (Å²) in [7, 11) is -2.95. The highest BCUT2D eigenvalue weighted by Crippen LogP contribution is 2.40. The molecule has 7 heteroatoms. The van der Waals surface area contributed by atoms with Crippen LogP contribution in [0.5, 0.6) is 0 Å². The summed E-state index contributed by atoms with van der Waals surface area (Å²) in [5.74, 6) is -1.35. The molecule has 0 spiro atoms. The van der Waals surface area contributed by atoms with Crippen LogP contribution in [0.15, 0.2) is 59.1 Å². The van der Waals surface area contributed by atoms with Gasteiger partial charge in [0.15, 0.2) is 11.5 Å². The van der Waals surface area contributed by atoms with Crippen LogP contribution in [0.4, 0.5) is 5.69 Å². The van der Waals surface area contributed by atoms with Crippen LogP contribution >= 0.6 is 0 Å². The Labute approximate surface area is 152 Å². The van der Waals surface area contributed by atoms with Crippen LogP contribution in [-0.4, -0.2) is 26.6 Å². The first-order valence-electron chi connectivity index (χ1n) is 8.17. The number of hydrogen-bond acceptors (Lipinski definition) is 5. The molecule has 0 aliphatic carbocycles. The monoisotopic (exact) mass is 373 g/mol.